The fourth-order valence-corrected chi connectivity index (χ4v) is 5.58. The number of methoxy groups -OCH3 is 1. The smallest absolute Gasteiger partial charge is 0.330 e. The first-order chi connectivity index (χ1) is 23.0. The minimum absolute atomic E-state index is 0.0702. The topological polar surface area (TPSA) is 123 Å². The highest BCUT2D eigenvalue weighted by Gasteiger charge is 2.07. The number of carbonyl (C=O) groups is 2. The predicted molar refractivity (Wildman–Crippen MR) is 190 cm³/mol. The molecule has 0 spiro atoms. The second-order valence-corrected chi connectivity index (χ2v) is 12.8. The van der Waals surface area contributed by atoms with Crippen molar-refractivity contribution in [1.29, 1.82) is 0 Å². The number of aliphatic hydroxyl groups excluding tert-OH is 2. The molecule has 0 heterocycles. The normalized spacial score (nSPS) is 12.0. The Morgan fingerprint density at radius 1 is 0.681 bits per heavy atom. The number of phenols is 1. The monoisotopic (exact) mass is 662 g/mol. The van der Waals surface area contributed by atoms with Crippen molar-refractivity contribution in [3.8, 4) is 11.5 Å². The standard InChI is InChI=1S/C39H66O8/c1-45-37-31-34(26-28-36(37)42)27-29-39(44)46-30-24-22-20-18-16-14-12-10-8-6-4-2-3-5-7-9-11-13-15-17-19-21-23-25-38(43)47-33-35(41)32-40/h26-29,31,35,40-42H,2-25,30,32-33H2,1H3/b29-27+. The average molecular weight is 663 g/mol. The number of phenolic OH excluding ortho intramolecular Hbond substituents is 1. The summed E-state index contributed by atoms with van der Waals surface area (Å²) in [6.45, 7) is -0.0459. The van der Waals surface area contributed by atoms with Crippen LogP contribution < -0.4 is 4.74 Å². The highest BCUT2D eigenvalue weighted by molar-refractivity contribution is 5.87. The number of hydrogen-bond acceptors (Lipinski definition) is 8. The first-order valence-electron chi connectivity index (χ1n) is 18.6. The van der Waals surface area contributed by atoms with Crippen molar-refractivity contribution in [3.63, 3.8) is 0 Å². The second-order valence-electron chi connectivity index (χ2n) is 12.8. The summed E-state index contributed by atoms with van der Waals surface area (Å²) in [5.74, 6) is -0.192. The molecule has 0 bridgehead atoms. The van der Waals surface area contributed by atoms with E-state index in [1.165, 1.54) is 135 Å². The molecular formula is C39H66O8. The first kappa shape index (κ1) is 42.4. The molecule has 0 radical (unpaired) electrons. The van der Waals surface area contributed by atoms with E-state index in [1.54, 1.807) is 18.2 Å². The summed E-state index contributed by atoms with van der Waals surface area (Å²) in [6.07, 6.45) is 31.5. The van der Waals surface area contributed by atoms with Crippen LogP contribution in [-0.2, 0) is 19.1 Å². The SMILES string of the molecule is COc1cc(/C=C/C(=O)OCCCCCCCCCCCCCCCCCCCCCCCCCC(=O)OCC(O)CO)ccc1O. The van der Waals surface area contributed by atoms with E-state index in [2.05, 4.69) is 0 Å². The Bertz CT molecular complexity index is 932. The van der Waals surface area contributed by atoms with Crippen LogP contribution in [0.3, 0.4) is 0 Å². The zero-order chi connectivity index (χ0) is 34.2. The number of esters is 2. The summed E-state index contributed by atoms with van der Waals surface area (Å²) < 4.78 is 15.3. The average Bonchev–Trinajstić information content (AvgIpc) is 3.08. The number of carbonyl (C=O) groups excluding carboxylic acids is 2. The maximum atomic E-state index is 11.9. The molecule has 8 heteroatoms. The molecule has 1 atom stereocenters. The Labute approximate surface area is 285 Å². The molecule has 0 amide bonds. The molecule has 8 nitrogen and oxygen atoms in total. The molecule has 0 aromatic heterocycles. The maximum Gasteiger partial charge on any atom is 0.330 e. The highest BCUT2D eigenvalue weighted by Crippen LogP contribution is 2.26. The summed E-state index contributed by atoms with van der Waals surface area (Å²) in [7, 11) is 1.49. The third-order valence-corrected chi connectivity index (χ3v) is 8.53. The lowest BCUT2D eigenvalue weighted by Crippen LogP contribution is -2.21. The van der Waals surface area contributed by atoms with Crippen molar-refractivity contribution in [3.05, 3.63) is 29.8 Å². The van der Waals surface area contributed by atoms with Gasteiger partial charge in [0.15, 0.2) is 11.5 Å². The maximum absolute atomic E-state index is 11.9. The summed E-state index contributed by atoms with van der Waals surface area (Å²) in [5, 5.41) is 27.5. The number of rotatable bonds is 32. The van der Waals surface area contributed by atoms with Gasteiger partial charge in [-0.3, -0.25) is 4.79 Å². The molecule has 3 N–H and O–H groups in total. The number of ether oxygens (including phenoxy) is 3. The van der Waals surface area contributed by atoms with Crippen molar-refractivity contribution in [1.82, 2.24) is 0 Å². The van der Waals surface area contributed by atoms with E-state index in [-0.39, 0.29) is 30.9 Å². The Kier molecular flexibility index (Phi) is 27.8. The summed E-state index contributed by atoms with van der Waals surface area (Å²) >= 11 is 0. The van der Waals surface area contributed by atoms with Gasteiger partial charge in [0.25, 0.3) is 0 Å². The number of aromatic hydroxyl groups is 1. The minimum atomic E-state index is -0.972. The summed E-state index contributed by atoms with van der Waals surface area (Å²) in [4.78, 5) is 23.4. The Hall–Kier alpha value is -2.58. The molecule has 0 aliphatic carbocycles. The van der Waals surface area contributed by atoms with E-state index < -0.39 is 6.10 Å². The van der Waals surface area contributed by atoms with Gasteiger partial charge in [-0.05, 0) is 36.6 Å². The van der Waals surface area contributed by atoms with Gasteiger partial charge in [0.2, 0.25) is 0 Å². The molecule has 0 fully saturated rings. The number of hydrogen-bond donors (Lipinski definition) is 3. The molecule has 270 valence electrons. The van der Waals surface area contributed by atoms with Gasteiger partial charge in [-0.15, -0.1) is 0 Å². The van der Waals surface area contributed by atoms with E-state index in [0.29, 0.717) is 18.8 Å². The molecular weight excluding hydrogens is 596 g/mol. The van der Waals surface area contributed by atoms with Crippen LogP contribution in [0.1, 0.15) is 160 Å². The van der Waals surface area contributed by atoms with Crippen molar-refractivity contribution in [2.45, 2.75) is 160 Å². The van der Waals surface area contributed by atoms with Crippen LogP contribution >= 0.6 is 0 Å². The van der Waals surface area contributed by atoms with E-state index in [9.17, 15) is 19.8 Å². The van der Waals surface area contributed by atoms with Crippen LogP contribution in [0.2, 0.25) is 0 Å². The van der Waals surface area contributed by atoms with Gasteiger partial charge in [-0.25, -0.2) is 4.79 Å². The van der Waals surface area contributed by atoms with Crippen LogP contribution in [0.15, 0.2) is 24.3 Å². The van der Waals surface area contributed by atoms with E-state index in [0.717, 1.165) is 37.7 Å². The van der Waals surface area contributed by atoms with Gasteiger partial charge in [0.1, 0.15) is 12.7 Å². The Morgan fingerprint density at radius 2 is 1.13 bits per heavy atom. The third-order valence-electron chi connectivity index (χ3n) is 8.53. The van der Waals surface area contributed by atoms with Gasteiger partial charge >= 0.3 is 11.9 Å². The van der Waals surface area contributed by atoms with Crippen LogP contribution in [-0.4, -0.2) is 60.3 Å². The Morgan fingerprint density at radius 3 is 1.57 bits per heavy atom. The predicted octanol–water partition coefficient (Wildman–Crippen LogP) is 9.22. The minimum Gasteiger partial charge on any atom is -0.504 e. The van der Waals surface area contributed by atoms with Gasteiger partial charge < -0.3 is 29.5 Å². The lowest BCUT2D eigenvalue weighted by Gasteiger charge is -2.08. The molecule has 1 aromatic carbocycles. The quantitative estimate of drug-likeness (QED) is 0.0396. The van der Waals surface area contributed by atoms with Crippen LogP contribution in [0.4, 0.5) is 0 Å². The fourth-order valence-electron chi connectivity index (χ4n) is 5.58. The van der Waals surface area contributed by atoms with E-state index >= 15 is 0 Å². The molecule has 0 saturated carbocycles. The summed E-state index contributed by atoms with van der Waals surface area (Å²) in [5.41, 5.74) is 0.766. The molecule has 1 rings (SSSR count). The van der Waals surface area contributed by atoms with Crippen molar-refractivity contribution in [2.75, 3.05) is 26.9 Å². The lowest BCUT2D eigenvalue weighted by molar-refractivity contribution is -0.147. The molecule has 47 heavy (non-hydrogen) atoms. The van der Waals surface area contributed by atoms with Gasteiger partial charge in [0.05, 0.1) is 20.3 Å². The molecule has 0 saturated heterocycles. The van der Waals surface area contributed by atoms with Gasteiger partial charge in [-0.1, -0.05) is 141 Å². The first-order valence-corrected chi connectivity index (χ1v) is 18.6. The zero-order valence-electron chi connectivity index (χ0n) is 29.4. The fraction of sp³-hybridized carbons (Fsp3) is 0.744. The molecule has 0 aliphatic heterocycles. The van der Waals surface area contributed by atoms with E-state index in [1.807, 2.05) is 0 Å². The number of benzene rings is 1. The van der Waals surface area contributed by atoms with Crippen LogP contribution in [0.25, 0.3) is 6.08 Å². The zero-order valence-corrected chi connectivity index (χ0v) is 29.4. The molecule has 1 aromatic rings. The van der Waals surface area contributed by atoms with Gasteiger partial charge in [0, 0.05) is 12.5 Å². The largest absolute Gasteiger partial charge is 0.504 e. The van der Waals surface area contributed by atoms with E-state index in [4.69, 9.17) is 19.3 Å². The number of aliphatic hydroxyl groups is 2. The molecule has 0 aliphatic rings. The van der Waals surface area contributed by atoms with Crippen molar-refractivity contribution >= 4 is 18.0 Å². The number of unbranched alkanes of at least 4 members (excludes halogenated alkanes) is 22. The van der Waals surface area contributed by atoms with Crippen molar-refractivity contribution in [2.24, 2.45) is 0 Å². The van der Waals surface area contributed by atoms with Crippen molar-refractivity contribution < 1.29 is 39.1 Å². The third kappa shape index (κ3) is 26.1. The van der Waals surface area contributed by atoms with Crippen LogP contribution in [0, 0.1) is 0 Å². The summed E-state index contributed by atoms with van der Waals surface area (Å²) in [6, 6.07) is 4.92. The second kappa shape index (κ2) is 30.7. The lowest BCUT2D eigenvalue weighted by atomic mass is 10.0. The Balaban J connectivity index is 1.74. The van der Waals surface area contributed by atoms with Gasteiger partial charge in [-0.2, -0.15) is 0 Å². The molecule has 1 unspecified atom stereocenters. The van der Waals surface area contributed by atoms with Crippen LogP contribution in [0.5, 0.6) is 11.5 Å². The highest BCUT2D eigenvalue weighted by atomic mass is 16.5.